The largest absolute Gasteiger partial charge is 0.375 e. The van der Waals surface area contributed by atoms with Gasteiger partial charge in [-0.3, -0.25) is 4.79 Å². The summed E-state index contributed by atoms with van der Waals surface area (Å²) in [7, 11) is 0. The molecular weight excluding hydrogens is 195 g/mol. The van der Waals surface area contributed by atoms with Crippen molar-refractivity contribution in [1.82, 2.24) is 4.98 Å². The van der Waals surface area contributed by atoms with Crippen molar-refractivity contribution in [2.24, 2.45) is 0 Å². The van der Waals surface area contributed by atoms with Crippen LogP contribution in [0.3, 0.4) is 0 Å². The molecule has 0 radical (unpaired) electrons. The zero-order valence-electron chi connectivity index (χ0n) is 4.86. The summed E-state index contributed by atoms with van der Waals surface area (Å²) in [5.41, 5.74) is 5.19. The Labute approximate surface area is 73.6 Å². The zero-order valence-corrected chi connectivity index (χ0v) is 7.25. The molecule has 0 spiro atoms. The van der Waals surface area contributed by atoms with Gasteiger partial charge in [-0.2, -0.15) is 0 Å². The van der Waals surface area contributed by atoms with Crippen LogP contribution >= 0.6 is 35.3 Å². The molecule has 58 valence electrons. The standard InChI is InChI=1S/C3H4N2S.CHClO.ClH/c4-3-5-1-2-6-3;2-1-3;/h1-2H,(H2,4,5);1H;1H. The van der Waals surface area contributed by atoms with E-state index in [0.29, 0.717) is 5.13 Å². The monoisotopic (exact) mass is 200 g/mol. The Balaban J connectivity index is 0. The third kappa shape index (κ3) is 7.68. The Morgan fingerprint density at radius 1 is 1.80 bits per heavy atom. The second kappa shape index (κ2) is 8.68. The van der Waals surface area contributed by atoms with Gasteiger partial charge in [0.05, 0.1) is 0 Å². The number of nitrogens with zero attached hydrogens (tertiary/aromatic N) is 1. The molecule has 0 amide bonds. The number of nitrogen functional groups attached to an aromatic ring is 1. The van der Waals surface area contributed by atoms with E-state index in [9.17, 15) is 0 Å². The fraction of sp³-hybridized carbons (Fsp3) is 0. The molecule has 0 saturated carbocycles. The number of halogens is 2. The number of anilines is 1. The Hall–Kier alpha value is -0.320. The highest BCUT2D eigenvalue weighted by molar-refractivity contribution is 7.13. The van der Waals surface area contributed by atoms with E-state index in [0.717, 1.165) is 0 Å². The molecule has 0 fully saturated rings. The van der Waals surface area contributed by atoms with E-state index in [1.807, 2.05) is 5.38 Å². The van der Waals surface area contributed by atoms with Crippen molar-refractivity contribution in [2.75, 3.05) is 5.73 Å². The lowest BCUT2D eigenvalue weighted by Gasteiger charge is -1.67. The van der Waals surface area contributed by atoms with Gasteiger partial charge in [-0.15, -0.1) is 23.7 Å². The van der Waals surface area contributed by atoms with Gasteiger partial charge in [-0.1, -0.05) is 0 Å². The van der Waals surface area contributed by atoms with Crippen LogP contribution in [0, 0.1) is 0 Å². The van der Waals surface area contributed by atoms with E-state index in [-0.39, 0.29) is 18.2 Å². The van der Waals surface area contributed by atoms with Gasteiger partial charge in [0.25, 0.3) is 0 Å². The number of carbonyl (C=O) groups excluding carboxylic acids is 1. The van der Waals surface area contributed by atoms with Gasteiger partial charge in [-0.25, -0.2) is 4.98 Å². The molecule has 0 atom stereocenters. The van der Waals surface area contributed by atoms with Crippen LogP contribution < -0.4 is 5.73 Å². The van der Waals surface area contributed by atoms with E-state index in [2.05, 4.69) is 16.6 Å². The lowest BCUT2D eigenvalue weighted by Crippen LogP contribution is -1.77. The second-order valence-corrected chi connectivity index (χ2v) is 2.06. The minimum Gasteiger partial charge on any atom is -0.375 e. The normalized spacial score (nSPS) is 6.50. The summed E-state index contributed by atoms with van der Waals surface area (Å²) in [6.45, 7) is 0. The highest BCUT2D eigenvalue weighted by atomic mass is 35.5. The first-order valence-electron chi connectivity index (χ1n) is 2.00. The molecule has 0 saturated heterocycles. The number of carbonyl (C=O) groups is 1. The first-order valence-corrected chi connectivity index (χ1v) is 3.31. The number of thiazole rings is 1. The molecule has 10 heavy (non-hydrogen) atoms. The zero-order chi connectivity index (χ0) is 7.11. The average Bonchev–Trinajstić information content (AvgIpc) is 2.20. The Kier molecular flexibility index (Phi) is 10.7. The number of nitrogens with two attached hydrogens (primary N) is 1. The molecule has 0 bridgehead atoms. The van der Waals surface area contributed by atoms with Crippen molar-refractivity contribution in [2.45, 2.75) is 0 Å². The van der Waals surface area contributed by atoms with Gasteiger partial charge in [0.1, 0.15) is 0 Å². The second-order valence-electron chi connectivity index (χ2n) is 0.959. The van der Waals surface area contributed by atoms with Gasteiger partial charge in [0.15, 0.2) is 5.13 Å². The van der Waals surface area contributed by atoms with Crippen molar-refractivity contribution >= 4 is 46.2 Å². The third-order valence-corrected chi connectivity index (χ3v) is 1.06. The number of aromatic nitrogens is 1. The van der Waals surface area contributed by atoms with Crippen LogP contribution in [-0.4, -0.2) is 10.7 Å². The Bertz CT molecular complexity index is 156. The van der Waals surface area contributed by atoms with Gasteiger partial charge >= 0.3 is 0 Å². The molecular formula is C4H6Cl2N2OS. The molecule has 1 aromatic rings. The smallest absolute Gasteiger partial charge is 0.208 e. The van der Waals surface area contributed by atoms with E-state index in [1.165, 1.54) is 11.3 Å². The van der Waals surface area contributed by atoms with E-state index in [1.54, 1.807) is 6.20 Å². The summed E-state index contributed by atoms with van der Waals surface area (Å²) in [5.74, 6) is 0.222. The summed E-state index contributed by atoms with van der Waals surface area (Å²) < 4.78 is 0. The first kappa shape index (κ1) is 12.4. The van der Waals surface area contributed by atoms with E-state index in [4.69, 9.17) is 10.5 Å². The summed E-state index contributed by atoms with van der Waals surface area (Å²) in [4.78, 5) is 12.3. The Morgan fingerprint density at radius 2 is 2.30 bits per heavy atom. The van der Waals surface area contributed by atoms with Crippen LogP contribution in [-0.2, 0) is 4.79 Å². The number of rotatable bonds is 0. The highest BCUT2D eigenvalue weighted by Crippen LogP contribution is 2.02. The van der Waals surface area contributed by atoms with Crippen molar-refractivity contribution < 1.29 is 4.79 Å². The van der Waals surface area contributed by atoms with Crippen LogP contribution in [0.2, 0.25) is 0 Å². The molecule has 0 aromatic carbocycles. The van der Waals surface area contributed by atoms with E-state index >= 15 is 0 Å². The average molecular weight is 201 g/mol. The van der Waals surface area contributed by atoms with Crippen molar-refractivity contribution in [3.05, 3.63) is 11.6 Å². The van der Waals surface area contributed by atoms with Crippen LogP contribution in [0.25, 0.3) is 0 Å². The van der Waals surface area contributed by atoms with E-state index < -0.39 is 0 Å². The summed E-state index contributed by atoms with van der Waals surface area (Å²) in [5, 5.41) is 2.48. The maximum atomic E-state index is 8.57. The molecule has 0 unspecified atom stereocenters. The van der Waals surface area contributed by atoms with Crippen LogP contribution in [0.5, 0.6) is 0 Å². The lowest BCUT2D eigenvalue weighted by atomic mass is 11.0. The SMILES string of the molecule is Cl.Nc1nccs1.O=CCl. The molecule has 1 rings (SSSR count). The molecule has 0 aliphatic heterocycles. The molecule has 0 aliphatic carbocycles. The van der Waals surface area contributed by atoms with Crippen molar-refractivity contribution in [3.8, 4) is 0 Å². The number of hydrogen-bond acceptors (Lipinski definition) is 4. The quantitative estimate of drug-likeness (QED) is 0.511. The summed E-state index contributed by atoms with van der Waals surface area (Å²) in [6.07, 6.45) is 1.68. The summed E-state index contributed by atoms with van der Waals surface area (Å²) in [6, 6.07) is 0. The minimum atomic E-state index is 0. The van der Waals surface area contributed by atoms with Crippen LogP contribution in [0.1, 0.15) is 0 Å². The topological polar surface area (TPSA) is 56.0 Å². The van der Waals surface area contributed by atoms with Gasteiger partial charge in [0, 0.05) is 11.6 Å². The third-order valence-electron chi connectivity index (χ3n) is 0.451. The molecule has 1 heterocycles. The fourth-order valence-corrected chi connectivity index (χ4v) is 0.617. The van der Waals surface area contributed by atoms with Crippen molar-refractivity contribution in [1.29, 1.82) is 0 Å². The highest BCUT2D eigenvalue weighted by Gasteiger charge is 1.76. The van der Waals surface area contributed by atoms with Crippen LogP contribution in [0.4, 0.5) is 5.13 Å². The molecule has 1 aromatic heterocycles. The molecule has 0 aliphatic rings. The fourth-order valence-electron chi connectivity index (χ4n) is 0.234. The molecule has 6 heteroatoms. The predicted molar refractivity (Wildman–Crippen MR) is 46.4 cm³/mol. The summed E-state index contributed by atoms with van der Waals surface area (Å²) >= 11 is 5.76. The molecule has 2 N–H and O–H groups in total. The maximum absolute atomic E-state index is 8.57. The molecule has 3 nitrogen and oxygen atoms in total. The lowest BCUT2D eigenvalue weighted by molar-refractivity contribution is 0.569. The predicted octanol–water partition coefficient (Wildman–Crippen LogP) is 1.56. The maximum Gasteiger partial charge on any atom is 0.208 e. The first-order chi connectivity index (χ1) is 4.31. The van der Waals surface area contributed by atoms with Gasteiger partial charge < -0.3 is 5.73 Å². The van der Waals surface area contributed by atoms with Crippen molar-refractivity contribution in [3.63, 3.8) is 0 Å². The van der Waals surface area contributed by atoms with Crippen LogP contribution in [0.15, 0.2) is 11.6 Å². The Morgan fingerprint density at radius 3 is 2.40 bits per heavy atom. The van der Waals surface area contributed by atoms with Gasteiger partial charge in [-0.05, 0) is 11.6 Å². The number of hydrogen-bond donors (Lipinski definition) is 1. The minimum absolute atomic E-state index is 0. The van der Waals surface area contributed by atoms with Gasteiger partial charge in [0.2, 0.25) is 5.75 Å².